The van der Waals surface area contributed by atoms with E-state index in [-0.39, 0.29) is 26.3 Å². The maximum atomic E-state index is 4.25. The summed E-state index contributed by atoms with van der Waals surface area (Å²) in [6, 6.07) is 0. The monoisotopic (exact) mass is 83.1 g/mol. The third-order valence-electron chi connectivity index (χ3n) is 0. The Bertz CT molecular complexity index is 7.51. The first-order valence-electron chi connectivity index (χ1n) is 1.41. The maximum Gasteiger partial charge on any atom is 1.00 e. The molecule has 0 unspecified atom stereocenters. The average molecular weight is 83.1 g/mol. The van der Waals surface area contributed by atoms with E-state index in [4.69, 9.17) is 0 Å². The Morgan fingerprint density at radius 2 is 1.17 bits per heavy atom. The van der Waals surface area contributed by atoms with Crippen molar-refractivity contribution in [3.05, 3.63) is 7.05 Å². The molecule has 2 N–H and O–H groups in total. The normalized spacial score (nSPS) is 2.00. The van der Waals surface area contributed by atoms with Crippen molar-refractivity contribution in [1.29, 1.82) is 0 Å². The van der Waals surface area contributed by atoms with Crippen LogP contribution in [0.3, 0.4) is 0 Å². The SMILES string of the molecule is C.CC.[CH2-]N.[Li+]. The molecule has 0 aliphatic heterocycles. The van der Waals surface area contributed by atoms with Crippen LogP contribution in [0.4, 0.5) is 0 Å². The molecule has 0 heterocycles. The second-order valence-corrected chi connectivity index (χ2v) is 0. The molecule has 0 amide bonds. The van der Waals surface area contributed by atoms with Crippen molar-refractivity contribution >= 4 is 0 Å². The summed E-state index contributed by atoms with van der Waals surface area (Å²) in [5, 5.41) is 0. The molecule has 0 radical (unpaired) electrons. The van der Waals surface area contributed by atoms with Gasteiger partial charge in [-0.2, -0.15) is 0 Å². The minimum Gasteiger partial charge on any atom is -0.486 e. The molecule has 0 rings (SSSR count). The van der Waals surface area contributed by atoms with Gasteiger partial charge in [0.05, 0.1) is 0 Å². The second kappa shape index (κ2) is 372. The molecule has 0 saturated heterocycles. The van der Waals surface area contributed by atoms with E-state index in [1.807, 2.05) is 13.8 Å². The van der Waals surface area contributed by atoms with Gasteiger partial charge in [0.25, 0.3) is 0 Å². The van der Waals surface area contributed by atoms with Crippen LogP contribution in [0.5, 0.6) is 0 Å². The largest absolute Gasteiger partial charge is 1.00 e. The van der Waals surface area contributed by atoms with Gasteiger partial charge in [-0.05, 0) is 0 Å². The Hall–Kier alpha value is 0.557. The fourth-order valence-electron chi connectivity index (χ4n) is 0. The summed E-state index contributed by atoms with van der Waals surface area (Å²) in [6.45, 7) is 4.00. The smallest absolute Gasteiger partial charge is 0.486 e. The van der Waals surface area contributed by atoms with Crippen LogP contribution < -0.4 is 24.6 Å². The molecule has 6 heavy (non-hydrogen) atoms. The summed E-state index contributed by atoms with van der Waals surface area (Å²) in [5.74, 6) is 0. The predicted molar refractivity (Wildman–Crippen MR) is 27.6 cm³/mol. The molecule has 0 aromatic rings. The van der Waals surface area contributed by atoms with Crippen LogP contribution in [0.15, 0.2) is 0 Å². The van der Waals surface area contributed by atoms with Gasteiger partial charge in [-0.3, -0.25) is 7.05 Å². The second-order valence-electron chi connectivity index (χ2n) is 0. The first-order valence-corrected chi connectivity index (χ1v) is 1.41. The summed E-state index contributed by atoms with van der Waals surface area (Å²) in [6.07, 6.45) is 0. The minimum absolute atomic E-state index is 0. The number of hydrogen-bond donors (Lipinski definition) is 1. The van der Waals surface area contributed by atoms with E-state index in [0.717, 1.165) is 0 Å². The van der Waals surface area contributed by atoms with Gasteiger partial charge in [0.1, 0.15) is 0 Å². The van der Waals surface area contributed by atoms with Gasteiger partial charge in [-0.25, -0.2) is 0 Å². The summed E-state index contributed by atoms with van der Waals surface area (Å²) in [7, 11) is 2.75. The zero-order valence-corrected chi connectivity index (χ0v) is 4.28. The van der Waals surface area contributed by atoms with Crippen molar-refractivity contribution < 1.29 is 18.9 Å². The molecule has 0 aromatic heterocycles. The molecule has 0 saturated carbocycles. The quantitative estimate of drug-likeness (QED) is 0.277. The summed E-state index contributed by atoms with van der Waals surface area (Å²) in [5.41, 5.74) is 4.25. The standard InChI is InChI=1S/C2H6.CH4N.CH4.Li/c2*1-2;;/h1-2H3;1-2H2;1H4;/q;-1;;+1. The molecular weight excluding hydrogens is 69.0 g/mol. The van der Waals surface area contributed by atoms with Crippen molar-refractivity contribution in [2.45, 2.75) is 21.3 Å². The Kier molecular flexibility index (Phi) is 1920. The Balaban J connectivity index is -0.00000000500. The van der Waals surface area contributed by atoms with Gasteiger partial charge in [0.15, 0.2) is 0 Å². The molecule has 0 aliphatic carbocycles. The molecule has 0 fully saturated rings. The van der Waals surface area contributed by atoms with Crippen LogP contribution in [0, 0.1) is 7.05 Å². The van der Waals surface area contributed by atoms with Crippen LogP contribution >= 0.6 is 0 Å². The molecule has 0 aliphatic rings. The Morgan fingerprint density at radius 3 is 1.17 bits per heavy atom. The minimum atomic E-state index is 0. The average Bonchev–Trinajstić information content (AvgIpc) is 1.50. The zero-order chi connectivity index (χ0) is 4.00. The molecule has 0 atom stereocenters. The molecule has 1 nitrogen and oxygen atoms in total. The molecule has 0 bridgehead atoms. The molecule has 0 aromatic carbocycles. The summed E-state index contributed by atoms with van der Waals surface area (Å²) in [4.78, 5) is 0. The Labute approximate surface area is 53.5 Å². The topological polar surface area (TPSA) is 26.0 Å². The summed E-state index contributed by atoms with van der Waals surface area (Å²) < 4.78 is 0. The third kappa shape index (κ3) is 186. The predicted octanol–water partition coefficient (Wildman–Crippen LogP) is -1.60. The van der Waals surface area contributed by atoms with Gasteiger partial charge in [-0.1, -0.05) is 21.3 Å². The first-order chi connectivity index (χ1) is 2.00. The van der Waals surface area contributed by atoms with Crippen molar-refractivity contribution in [1.82, 2.24) is 0 Å². The molecule has 36 valence electrons. The van der Waals surface area contributed by atoms with Crippen LogP contribution in [-0.2, 0) is 0 Å². The van der Waals surface area contributed by atoms with Gasteiger partial charge < -0.3 is 5.73 Å². The molecule has 2 heteroatoms. The van der Waals surface area contributed by atoms with Crippen molar-refractivity contribution in [3.8, 4) is 0 Å². The van der Waals surface area contributed by atoms with Gasteiger partial charge >= 0.3 is 18.9 Å². The van der Waals surface area contributed by atoms with Crippen molar-refractivity contribution in [2.75, 3.05) is 0 Å². The number of nitrogens with two attached hydrogens (primary N) is 1. The van der Waals surface area contributed by atoms with Crippen LogP contribution in [0.25, 0.3) is 0 Å². The van der Waals surface area contributed by atoms with Crippen molar-refractivity contribution in [3.63, 3.8) is 0 Å². The van der Waals surface area contributed by atoms with Crippen LogP contribution in [0.1, 0.15) is 21.3 Å². The van der Waals surface area contributed by atoms with E-state index in [2.05, 4.69) is 12.8 Å². The van der Waals surface area contributed by atoms with E-state index < -0.39 is 0 Å². The van der Waals surface area contributed by atoms with Gasteiger partial charge in [0.2, 0.25) is 0 Å². The number of hydrogen-bond acceptors (Lipinski definition) is 1. The van der Waals surface area contributed by atoms with E-state index in [1.54, 1.807) is 0 Å². The third-order valence-corrected chi connectivity index (χ3v) is 0. The molecule has 0 spiro atoms. The van der Waals surface area contributed by atoms with E-state index in [1.165, 1.54) is 0 Å². The van der Waals surface area contributed by atoms with Crippen LogP contribution in [0.2, 0.25) is 0 Å². The van der Waals surface area contributed by atoms with Gasteiger partial charge in [0, 0.05) is 0 Å². The summed E-state index contributed by atoms with van der Waals surface area (Å²) >= 11 is 0. The fraction of sp³-hybridized carbons (Fsp3) is 0.750. The van der Waals surface area contributed by atoms with E-state index >= 15 is 0 Å². The Morgan fingerprint density at radius 1 is 1.17 bits per heavy atom. The van der Waals surface area contributed by atoms with E-state index in [9.17, 15) is 0 Å². The van der Waals surface area contributed by atoms with Crippen molar-refractivity contribution in [2.24, 2.45) is 5.73 Å². The van der Waals surface area contributed by atoms with Crippen LogP contribution in [-0.4, -0.2) is 0 Å². The first kappa shape index (κ1) is 31.0. The maximum absolute atomic E-state index is 4.25. The van der Waals surface area contributed by atoms with Gasteiger partial charge in [-0.15, -0.1) is 0 Å². The molecular formula is C4H14LiN. The number of rotatable bonds is 0. The fourth-order valence-corrected chi connectivity index (χ4v) is 0. The van der Waals surface area contributed by atoms with E-state index in [0.29, 0.717) is 0 Å². The zero-order valence-electron chi connectivity index (χ0n) is 4.28.